The summed E-state index contributed by atoms with van der Waals surface area (Å²) in [5, 5.41) is 11.8. The second kappa shape index (κ2) is 5.61. The highest BCUT2D eigenvalue weighted by atomic mass is 19.1. The average Bonchev–Trinajstić information content (AvgIpc) is 2.25. The summed E-state index contributed by atoms with van der Waals surface area (Å²) in [6.07, 6.45) is 0. The summed E-state index contributed by atoms with van der Waals surface area (Å²) in [5.41, 5.74) is 0.817. The Morgan fingerprint density at radius 1 is 1.50 bits per heavy atom. The van der Waals surface area contributed by atoms with E-state index in [0.717, 1.165) is 5.56 Å². The third kappa shape index (κ3) is 3.62. The van der Waals surface area contributed by atoms with Gasteiger partial charge in [-0.2, -0.15) is 0 Å². The highest BCUT2D eigenvalue weighted by Crippen LogP contribution is 2.13. The minimum absolute atomic E-state index is 0.0579. The molecular formula is C12H16FNO2. The van der Waals surface area contributed by atoms with E-state index in [-0.39, 0.29) is 11.9 Å². The Morgan fingerprint density at radius 2 is 2.19 bits per heavy atom. The van der Waals surface area contributed by atoms with Crippen molar-refractivity contribution in [2.24, 2.45) is 5.92 Å². The van der Waals surface area contributed by atoms with Crippen LogP contribution in [0.15, 0.2) is 24.3 Å². The van der Waals surface area contributed by atoms with E-state index in [2.05, 4.69) is 5.32 Å². The van der Waals surface area contributed by atoms with Crippen LogP contribution in [0.1, 0.15) is 25.5 Å². The first-order valence-electron chi connectivity index (χ1n) is 5.22. The number of carboxylic acids is 1. The van der Waals surface area contributed by atoms with Gasteiger partial charge in [-0.1, -0.05) is 19.1 Å². The molecule has 0 radical (unpaired) electrons. The van der Waals surface area contributed by atoms with Crippen molar-refractivity contribution in [3.8, 4) is 0 Å². The number of carboxylic acid groups (broad SMARTS) is 1. The molecule has 1 rings (SSSR count). The molecular weight excluding hydrogens is 209 g/mol. The van der Waals surface area contributed by atoms with Gasteiger partial charge in [-0.3, -0.25) is 4.79 Å². The van der Waals surface area contributed by atoms with E-state index >= 15 is 0 Å². The highest BCUT2D eigenvalue weighted by Gasteiger charge is 2.12. The standard InChI is InChI=1S/C12H16FNO2/c1-8(12(15)16)7-14-9(2)10-4-3-5-11(13)6-10/h3-6,8-9,14H,7H2,1-2H3,(H,15,16). The van der Waals surface area contributed by atoms with Crippen molar-refractivity contribution in [2.45, 2.75) is 19.9 Å². The molecule has 0 bridgehead atoms. The lowest BCUT2D eigenvalue weighted by Crippen LogP contribution is -2.28. The van der Waals surface area contributed by atoms with Crippen LogP contribution >= 0.6 is 0 Å². The fourth-order valence-electron chi connectivity index (χ4n) is 1.33. The van der Waals surface area contributed by atoms with Gasteiger partial charge in [-0.15, -0.1) is 0 Å². The topological polar surface area (TPSA) is 49.3 Å². The number of rotatable bonds is 5. The summed E-state index contributed by atoms with van der Waals surface area (Å²) in [5.74, 6) is -1.56. The van der Waals surface area contributed by atoms with Gasteiger partial charge in [0.15, 0.2) is 0 Å². The summed E-state index contributed by atoms with van der Waals surface area (Å²) in [6, 6.07) is 6.23. The Balaban J connectivity index is 2.52. The molecule has 0 spiro atoms. The molecule has 88 valence electrons. The largest absolute Gasteiger partial charge is 0.481 e. The van der Waals surface area contributed by atoms with E-state index in [9.17, 15) is 9.18 Å². The van der Waals surface area contributed by atoms with Crippen molar-refractivity contribution in [3.63, 3.8) is 0 Å². The van der Waals surface area contributed by atoms with Gasteiger partial charge in [-0.25, -0.2) is 4.39 Å². The molecule has 0 amide bonds. The number of aliphatic carboxylic acids is 1. The molecule has 1 aromatic carbocycles. The maximum absolute atomic E-state index is 12.9. The molecule has 1 aromatic rings. The lowest BCUT2D eigenvalue weighted by Gasteiger charge is -2.16. The van der Waals surface area contributed by atoms with E-state index in [4.69, 9.17) is 5.11 Å². The van der Waals surface area contributed by atoms with Crippen LogP contribution in [0.3, 0.4) is 0 Å². The van der Waals surface area contributed by atoms with E-state index in [1.807, 2.05) is 13.0 Å². The Hall–Kier alpha value is -1.42. The van der Waals surface area contributed by atoms with Gasteiger partial charge in [0, 0.05) is 12.6 Å². The quantitative estimate of drug-likeness (QED) is 0.807. The van der Waals surface area contributed by atoms with Crippen molar-refractivity contribution in [1.82, 2.24) is 5.32 Å². The van der Waals surface area contributed by atoms with E-state index in [1.54, 1.807) is 13.0 Å². The molecule has 0 aromatic heterocycles. The maximum atomic E-state index is 12.9. The molecule has 16 heavy (non-hydrogen) atoms. The zero-order chi connectivity index (χ0) is 12.1. The van der Waals surface area contributed by atoms with Crippen LogP contribution in [0.5, 0.6) is 0 Å². The number of hydrogen-bond acceptors (Lipinski definition) is 2. The predicted molar refractivity (Wildman–Crippen MR) is 59.6 cm³/mol. The normalized spacial score (nSPS) is 14.4. The highest BCUT2D eigenvalue weighted by molar-refractivity contribution is 5.69. The predicted octanol–water partition coefficient (Wildman–Crippen LogP) is 2.20. The van der Waals surface area contributed by atoms with Gasteiger partial charge in [0.25, 0.3) is 0 Å². The minimum atomic E-state index is -0.834. The average molecular weight is 225 g/mol. The van der Waals surface area contributed by atoms with Crippen LogP contribution in [-0.2, 0) is 4.79 Å². The van der Waals surface area contributed by atoms with Crippen molar-refractivity contribution >= 4 is 5.97 Å². The van der Waals surface area contributed by atoms with E-state index < -0.39 is 11.9 Å². The third-order valence-corrected chi connectivity index (χ3v) is 2.50. The Morgan fingerprint density at radius 3 is 2.75 bits per heavy atom. The molecule has 0 aliphatic heterocycles. The van der Waals surface area contributed by atoms with Crippen LogP contribution in [0, 0.1) is 11.7 Å². The first kappa shape index (κ1) is 12.6. The third-order valence-electron chi connectivity index (χ3n) is 2.50. The Bertz CT molecular complexity index is 368. The first-order valence-corrected chi connectivity index (χ1v) is 5.22. The van der Waals surface area contributed by atoms with Crippen LogP contribution in [0.2, 0.25) is 0 Å². The molecule has 0 saturated heterocycles. The molecule has 2 unspecified atom stereocenters. The van der Waals surface area contributed by atoms with Gasteiger partial charge in [0.1, 0.15) is 5.82 Å². The molecule has 3 nitrogen and oxygen atoms in total. The van der Waals surface area contributed by atoms with Crippen LogP contribution < -0.4 is 5.32 Å². The van der Waals surface area contributed by atoms with Gasteiger partial charge in [0.2, 0.25) is 0 Å². The molecule has 2 atom stereocenters. The fraction of sp³-hybridized carbons (Fsp3) is 0.417. The first-order chi connectivity index (χ1) is 7.50. The fourth-order valence-corrected chi connectivity index (χ4v) is 1.33. The maximum Gasteiger partial charge on any atom is 0.307 e. The van der Waals surface area contributed by atoms with Crippen molar-refractivity contribution in [2.75, 3.05) is 6.54 Å². The lowest BCUT2D eigenvalue weighted by molar-refractivity contribution is -0.140. The second-order valence-corrected chi connectivity index (χ2v) is 3.92. The van der Waals surface area contributed by atoms with E-state index in [0.29, 0.717) is 6.54 Å². The Labute approximate surface area is 94.3 Å². The molecule has 0 fully saturated rings. The minimum Gasteiger partial charge on any atom is -0.481 e. The van der Waals surface area contributed by atoms with Gasteiger partial charge in [0.05, 0.1) is 5.92 Å². The smallest absolute Gasteiger partial charge is 0.307 e. The Kier molecular flexibility index (Phi) is 4.43. The van der Waals surface area contributed by atoms with Crippen LogP contribution in [-0.4, -0.2) is 17.6 Å². The lowest BCUT2D eigenvalue weighted by atomic mass is 10.1. The molecule has 0 aliphatic carbocycles. The molecule has 0 saturated carbocycles. The zero-order valence-corrected chi connectivity index (χ0v) is 9.40. The molecule has 0 heterocycles. The van der Waals surface area contributed by atoms with E-state index in [1.165, 1.54) is 12.1 Å². The SMILES string of the molecule is CC(CNC(C)c1cccc(F)c1)C(=O)O. The number of hydrogen-bond donors (Lipinski definition) is 2. The molecule has 0 aliphatic rings. The molecule has 4 heteroatoms. The number of nitrogens with one attached hydrogen (secondary N) is 1. The van der Waals surface area contributed by atoms with Crippen LogP contribution in [0.4, 0.5) is 4.39 Å². The van der Waals surface area contributed by atoms with Crippen molar-refractivity contribution < 1.29 is 14.3 Å². The summed E-state index contributed by atoms with van der Waals surface area (Å²) >= 11 is 0. The van der Waals surface area contributed by atoms with Crippen molar-refractivity contribution in [3.05, 3.63) is 35.6 Å². The number of carbonyl (C=O) groups is 1. The van der Waals surface area contributed by atoms with Gasteiger partial charge in [-0.05, 0) is 24.6 Å². The van der Waals surface area contributed by atoms with Crippen LogP contribution in [0.25, 0.3) is 0 Å². The van der Waals surface area contributed by atoms with Gasteiger partial charge < -0.3 is 10.4 Å². The van der Waals surface area contributed by atoms with Gasteiger partial charge >= 0.3 is 5.97 Å². The second-order valence-electron chi connectivity index (χ2n) is 3.92. The van der Waals surface area contributed by atoms with Crippen molar-refractivity contribution in [1.29, 1.82) is 0 Å². The summed E-state index contributed by atoms with van der Waals surface area (Å²) in [6.45, 7) is 3.88. The molecule has 2 N–H and O–H groups in total. The summed E-state index contributed by atoms with van der Waals surface area (Å²) in [7, 11) is 0. The summed E-state index contributed by atoms with van der Waals surface area (Å²) < 4.78 is 12.9. The zero-order valence-electron chi connectivity index (χ0n) is 9.40. The summed E-state index contributed by atoms with van der Waals surface area (Å²) in [4.78, 5) is 10.6. The monoisotopic (exact) mass is 225 g/mol. The number of halogens is 1. The number of benzene rings is 1.